The highest BCUT2D eigenvalue weighted by atomic mass is 35.5. The number of aromatic amines is 1. The number of halogens is 1. The third-order valence-corrected chi connectivity index (χ3v) is 1.76. The number of fused-ring (bicyclic) bond motifs is 1. The third kappa shape index (κ3) is 1.89. The highest BCUT2D eigenvalue weighted by Crippen LogP contribution is 2.18. The summed E-state index contributed by atoms with van der Waals surface area (Å²) in [6, 6.07) is -0.735. The topological polar surface area (TPSA) is 122 Å². The fourth-order valence-electron chi connectivity index (χ4n) is 1.02. The highest BCUT2D eigenvalue weighted by molar-refractivity contribution is 6.28. The molecule has 0 aliphatic carbocycles. The Kier molecular flexibility index (Phi) is 2.26. The van der Waals surface area contributed by atoms with Gasteiger partial charge in [0.1, 0.15) is 0 Å². The van der Waals surface area contributed by atoms with E-state index >= 15 is 0 Å². The van der Waals surface area contributed by atoms with Crippen molar-refractivity contribution in [1.29, 1.82) is 0 Å². The quantitative estimate of drug-likeness (QED) is 0.425. The van der Waals surface area contributed by atoms with E-state index in [0.717, 1.165) is 0 Å². The standard InChI is InChI=1S/C6H6ClN7O/c7-5-10-3-2(1-9-12-3)4(11-5)13-14-6(8)15/h1H,(H3,8,14,15)(H2,9,10,11,12,13). The van der Waals surface area contributed by atoms with Gasteiger partial charge in [0.05, 0.1) is 11.6 Å². The molecule has 8 nitrogen and oxygen atoms in total. The highest BCUT2D eigenvalue weighted by Gasteiger charge is 2.08. The van der Waals surface area contributed by atoms with E-state index < -0.39 is 6.03 Å². The van der Waals surface area contributed by atoms with Crippen molar-refractivity contribution in [3.05, 3.63) is 11.5 Å². The molecule has 2 heterocycles. The minimum absolute atomic E-state index is 0.0283. The number of nitrogens with two attached hydrogens (primary N) is 1. The van der Waals surface area contributed by atoms with E-state index in [1.54, 1.807) is 0 Å². The molecule has 0 spiro atoms. The van der Waals surface area contributed by atoms with Crippen molar-refractivity contribution >= 4 is 34.5 Å². The summed E-state index contributed by atoms with van der Waals surface area (Å²) in [4.78, 5) is 18.2. The molecule has 9 heteroatoms. The summed E-state index contributed by atoms with van der Waals surface area (Å²) in [5.74, 6) is 0.317. The Labute approximate surface area is 88.2 Å². The zero-order valence-electron chi connectivity index (χ0n) is 7.28. The Morgan fingerprint density at radius 3 is 3.07 bits per heavy atom. The molecular formula is C6H6ClN7O. The van der Waals surface area contributed by atoms with Gasteiger partial charge in [-0.05, 0) is 11.6 Å². The maximum absolute atomic E-state index is 10.5. The number of nitrogens with one attached hydrogen (secondary N) is 3. The Morgan fingerprint density at radius 2 is 2.33 bits per heavy atom. The van der Waals surface area contributed by atoms with Crippen LogP contribution in [0.5, 0.6) is 0 Å². The molecule has 0 aromatic carbocycles. The van der Waals surface area contributed by atoms with Crippen molar-refractivity contribution in [2.75, 3.05) is 5.43 Å². The lowest BCUT2D eigenvalue weighted by Crippen LogP contribution is -2.34. The van der Waals surface area contributed by atoms with Gasteiger partial charge in [-0.2, -0.15) is 15.1 Å². The molecule has 0 saturated carbocycles. The number of hydrogen-bond acceptors (Lipinski definition) is 5. The van der Waals surface area contributed by atoms with Gasteiger partial charge >= 0.3 is 6.03 Å². The van der Waals surface area contributed by atoms with E-state index in [1.165, 1.54) is 6.20 Å². The van der Waals surface area contributed by atoms with E-state index in [4.69, 9.17) is 17.3 Å². The summed E-state index contributed by atoms with van der Waals surface area (Å²) >= 11 is 5.64. The SMILES string of the molecule is NC(=O)NNc1nc(Cl)nc2[nH]ncc12. The van der Waals surface area contributed by atoms with Crippen LogP contribution >= 0.6 is 11.6 Å². The molecule has 0 unspecified atom stereocenters. The number of H-pyrrole nitrogens is 1. The molecule has 5 N–H and O–H groups in total. The average molecular weight is 228 g/mol. The van der Waals surface area contributed by atoms with Crippen LogP contribution < -0.4 is 16.6 Å². The maximum atomic E-state index is 10.5. The van der Waals surface area contributed by atoms with Crippen LogP contribution in [0, 0.1) is 0 Å². The largest absolute Gasteiger partial charge is 0.350 e. The lowest BCUT2D eigenvalue weighted by molar-refractivity contribution is 0.250. The van der Waals surface area contributed by atoms with Crippen LogP contribution in [-0.4, -0.2) is 26.2 Å². The summed E-state index contributed by atoms with van der Waals surface area (Å²) < 4.78 is 0. The van der Waals surface area contributed by atoms with Gasteiger partial charge in [-0.3, -0.25) is 16.0 Å². The first kappa shape index (κ1) is 9.46. The van der Waals surface area contributed by atoms with Crippen molar-refractivity contribution in [3.63, 3.8) is 0 Å². The molecule has 2 rings (SSSR count). The van der Waals surface area contributed by atoms with Crippen molar-refractivity contribution in [2.24, 2.45) is 5.73 Å². The third-order valence-electron chi connectivity index (χ3n) is 1.59. The summed E-state index contributed by atoms with van der Waals surface area (Å²) in [5, 5.41) is 7.00. The van der Waals surface area contributed by atoms with Gasteiger partial charge in [0.15, 0.2) is 11.5 Å². The molecule has 2 aromatic rings. The number of aromatic nitrogens is 4. The number of carbonyl (C=O) groups excluding carboxylic acids is 1. The molecule has 0 radical (unpaired) electrons. The average Bonchev–Trinajstić information content (AvgIpc) is 2.61. The summed E-state index contributed by atoms with van der Waals surface area (Å²) in [7, 11) is 0. The zero-order valence-corrected chi connectivity index (χ0v) is 8.04. The molecule has 0 aliphatic heterocycles. The number of rotatable bonds is 2. The van der Waals surface area contributed by atoms with Gasteiger partial charge in [-0.15, -0.1) is 0 Å². The number of amides is 2. The molecular weight excluding hydrogens is 222 g/mol. The molecule has 0 saturated heterocycles. The molecule has 0 fully saturated rings. The number of primary amides is 1. The normalized spacial score (nSPS) is 10.2. The molecule has 0 bridgehead atoms. The van der Waals surface area contributed by atoms with Crippen molar-refractivity contribution in [3.8, 4) is 0 Å². The van der Waals surface area contributed by atoms with Crippen LogP contribution in [0.1, 0.15) is 0 Å². The van der Waals surface area contributed by atoms with Crippen LogP contribution in [0.4, 0.5) is 10.6 Å². The number of carbonyl (C=O) groups is 1. The lowest BCUT2D eigenvalue weighted by Gasteiger charge is -2.05. The molecule has 2 amide bonds. The van der Waals surface area contributed by atoms with Crippen molar-refractivity contribution in [1.82, 2.24) is 25.6 Å². The van der Waals surface area contributed by atoms with Gasteiger partial charge in [-0.25, -0.2) is 4.79 Å². The molecule has 15 heavy (non-hydrogen) atoms. The molecule has 0 atom stereocenters. The van der Waals surface area contributed by atoms with Crippen LogP contribution in [-0.2, 0) is 0 Å². The number of urea groups is 1. The lowest BCUT2D eigenvalue weighted by atomic mass is 10.4. The van der Waals surface area contributed by atoms with Gasteiger partial charge in [0.25, 0.3) is 0 Å². The van der Waals surface area contributed by atoms with Crippen LogP contribution in [0.3, 0.4) is 0 Å². The van der Waals surface area contributed by atoms with Crippen LogP contribution in [0.15, 0.2) is 6.20 Å². The number of hydrazine groups is 1. The Bertz CT molecular complexity index is 509. The Balaban J connectivity index is 2.39. The van der Waals surface area contributed by atoms with E-state index in [1.807, 2.05) is 0 Å². The number of anilines is 1. The first-order valence-corrected chi connectivity index (χ1v) is 4.22. The monoisotopic (exact) mass is 227 g/mol. The molecule has 0 aliphatic rings. The Morgan fingerprint density at radius 1 is 1.53 bits per heavy atom. The summed E-state index contributed by atoms with van der Waals surface area (Å²) in [6.45, 7) is 0. The Hall–Kier alpha value is -2.09. The minimum Gasteiger partial charge on any atom is -0.350 e. The van der Waals surface area contributed by atoms with Gasteiger partial charge in [0, 0.05) is 0 Å². The van der Waals surface area contributed by atoms with Gasteiger partial charge < -0.3 is 5.73 Å². The first-order valence-electron chi connectivity index (χ1n) is 3.85. The molecule has 78 valence electrons. The van der Waals surface area contributed by atoms with Gasteiger partial charge in [-0.1, -0.05) is 0 Å². The smallest absolute Gasteiger partial charge is 0.330 e. The van der Waals surface area contributed by atoms with Crippen molar-refractivity contribution < 1.29 is 4.79 Å². The predicted octanol–water partition coefficient (Wildman–Crippen LogP) is 0.00150. The van der Waals surface area contributed by atoms with Gasteiger partial charge in [0.2, 0.25) is 5.28 Å². The zero-order chi connectivity index (χ0) is 10.8. The molecule has 2 aromatic heterocycles. The second-order valence-electron chi connectivity index (χ2n) is 2.59. The van der Waals surface area contributed by atoms with E-state index in [9.17, 15) is 4.79 Å². The minimum atomic E-state index is -0.735. The van der Waals surface area contributed by atoms with Crippen LogP contribution in [0.25, 0.3) is 11.0 Å². The van der Waals surface area contributed by atoms with Crippen molar-refractivity contribution in [2.45, 2.75) is 0 Å². The fraction of sp³-hybridized carbons (Fsp3) is 0. The predicted molar refractivity (Wildman–Crippen MR) is 53.0 cm³/mol. The van der Waals surface area contributed by atoms with E-state index in [-0.39, 0.29) is 5.28 Å². The second-order valence-corrected chi connectivity index (χ2v) is 2.93. The second kappa shape index (κ2) is 3.58. The fourth-order valence-corrected chi connectivity index (χ4v) is 1.19. The van der Waals surface area contributed by atoms with E-state index in [2.05, 4.69) is 31.0 Å². The number of hydrogen-bond donors (Lipinski definition) is 4. The maximum Gasteiger partial charge on any atom is 0.330 e. The number of nitrogens with zero attached hydrogens (tertiary/aromatic N) is 3. The summed E-state index contributed by atoms with van der Waals surface area (Å²) in [6.07, 6.45) is 1.50. The first-order chi connectivity index (χ1) is 7.16. The van der Waals surface area contributed by atoms with Crippen LogP contribution in [0.2, 0.25) is 5.28 Å². The summed E-state index contributed by atoms with van der Waals surface area (Å²) in [5.41, 5.74) is 10.0. The van der Waals surface area contributed by atoms with E-state index in [0.29, 0.717) is 16.9 Å².